The number of rotatable bonds is 7. The first-order valence-electron chi connectivity index (χ1n) is 7.86. The minimum absolute atomic E-state index is 0.137. The van der Waals surface area contributed by atoms with E-state index in [9.17, 15) is 18.0 Å². The van der Waals surface area contributed by atoms with Crippen molar-refractivity contribution in [1.82, 2.24) is 5.43 Å². The number of nitrogens with one attached hydrogen (secondary N) is 1. The second-order valence-corrected chi connectivity index (χ2v) is 7.74. The van der Waals surface area contributed by atoms with Gasteiger partial charge in [0.05, 0.1) is 23.7 Å². The van der Waals surface area contributed by atoms with Crippen LogP contribution in [-0.4, -0.2) is 44.4 Å². The summed E-state index contributed by atoms with van der Waals surface area (Å²) in [6.45, 7) is 1.40. The molecule has 0 radical (unpaired) electrons. The van der Waals surface area contributed by atoms with Gasteiger partial charge < -0.3 is 5.11 Å². The number of aryl methyl sites for hydroxylation is 1. The van der Waals surface area contributed by atoms with Gasteiger partial charge in [-0.2, -0.15) is 5.10 Å². The summed E-state index contributed by atoms with van der Waals surface area (Å²) in [5.74, 6) is -1.65. The lowest BCUT2D eigenvalue weighted by Gasteiger charge is -2.21. The third-order valence-electron chi connectivity index (χ3n) is 3.54. The molecule has 0 aromatic heterocycles. The van der Waals surface area contributed by atoms with E-state index in [0.717, 1.165) is 16.1 Å². The van der Waals surface area contributed by atoms with Crippen molar-refractivity contribution >= 4 is 33.8 Å². The summed E-state index contributed by atoms with van der Waals surface area (Å²) in [4.78, 5) is 22.9. The van der Waals surface area contributed by atoms with Crippen molar-refractivity contribution in [2.75, 3.05) is 17.1 Å². The lowest BCUT2D eigenvalue weighted by molar-refractivity contribution is -0.119. The molecule has 0 unspecified atom stereocenters. The molecule has 2 aromatic carbocycles. The van der Waals surface area contributed by atoms with Crippen LogP contribution in [0.25, 0.3) is 0 Å². The summed E-state index contributed by atoms with van der Waals surface area (Å²) >= 11 is 0. The summed E-state index contributed by atoms with van der Waals surface area (Å²) in [5.41, 5.74) is 4.24. The van der Waals surface area contributed by atoms with Gasteiger partial charge in [0.25, 0.3) is 5.91 Å². The van der Waals surface area contributed by atoms with E-state index in [-0.39, 0.29) is 5.56 Å². The van der Waals surface area contributed by atoms with Crippen LogP contribution in [0.2, 0.25) is 0 Å². The number of amides is 1. The average molecular weight is 389 g/mol. The fraction of sp³-hybridized carbons (Fsp3) is 0.167. The van der Waals surface area contributed by atoms with Crippen molar-refractivity contribution in [3.05, 3.63) is 65.2 Å². The Balaban J connectivity index is 2.04. The Morgan fingerprint density at radius 3 is 2.41 bits per heavy atom. The number of carbonyl (C=O) groups excluding carboxylic acids is 1. The van der Waals surface area contributed by atoms with Crippen LogP contribution in [0.15, 0.2) is 53.6 Å². The van der Waals surface area contributed by atoms with Crippen LogP contribution in [0.1, 0.15) is 21.5 Å². The number of carboxylic acids is 1. The molecule has 0 aliphatic carbocycles. The molecular formula is C18H19N3O5S. The molecule has 0 saturated heterocycles. The van der Waals surface area contributed by atoms with Crippen LogP contribution >= 0.6 is 0 Å². The lowest BCUT2D eigenvalue weighted by Crippen LogP contribution is -2.39. The van der Waals surface area contributed by atoms with Crippen molar-refractivity contribution in [1.29, 1.82) is 0 Å². The van der Waals surface area contributed by atoms with Crippen molar-refractivity contribution in [2.45, 2.75) is 6.92 Å². The fourth-order valence-corrected chi connectivity index (χ4v) is 3.09. The molecule has 2 N–H and O–H groups in total. The molecule has 2 aromatic rings. The first-order chi connectivity index (χ1) is 12.7. The van der Waals surface area contributed by atoms with Crippen LogP contribution in [0.3, 0.4) is 0 Å². The number of hydrogen-bond acceptors (Lipinski definition) is 5. The van der Waals surface area contributed by atoms with E-state index in [2.05, 4.69) is 10.5 Å². The zero-order chi connectivity index (χ0) is 20.0. The molecule has 27 heavy (non-hydrogen) atoms. The van der Waals surface area contributed by atoms with E-state index in [1.807, 2.05) is 13.0 Å². The largest absolute Gasteiger partial charge is 0.478 e. The number of nitrogens with zero attached hydrogens (tertiary/aromatic N) is 2. The second kappa shape index (κ2) is 8.45. The molecule has 0 fully saturated rings. The van der Waals surface area contributed by atoms with Gasteiger partial charge in [0.2, 0.25) is 10.0 Å². The maximum absolute atomic E-state index is 12.1. The molecule has 0 aliphatic rings. The second-order valence-electron chi connectivity index (χ2n) is 5.83. The summed E-state index contributed by atoms with van der Waals surface area (Å²) < 4.78 is 25.0. The number of anilines is 1. The minimum atomic E-state index is -3.65. The van der Waals surface area contributed by atoms with Crippen LogP contribution < -0.4 is 9.73 Å². The molecule has 0 saturated carbocycles. The highest BCUT2D eigenvalue weighted by Crippen LogP contribution is 2.18. The summed E-state index contributed by atoms with van der Waals surface area (Å²) in [7, 11) is -3.65. The van der Waals surface area contributed by atoms with E-state index >= 15 is 0 Å². The van der Waals surface area contributed by atoms with Gasteiger partial charge in [-0.15, -0.1) is 0 Å². The SMILES string of the molecule is Cc1cccc(N(CC(=O)N/N=C/c2ccc(C(=O)O)cc2)S(C)(=O)=O)c1. The van der Waals surface area contributed by atoms with E-state index in [4.69, 9.17) is 5.11 Å². The number of carboxylic acid groups (broad SMARTS) is 1. The van der Waals surface area contributed by atoms with E-state index in [1.165, 1.54) is 30.5 Å². The lowest BCUT2D eigenvalue weighted by atomic mass is 10.1. The number of aromatic carboxylic acids is 1. The van der Waals surface area contributed by atoms with Gasteiger partial charge >= 0.3 is 5.97 Å². The molecule has 1 amide bonds. The van der Waals surface area contributed by atoms with E-state index in [1.54, 1.807) is 18.2 Å². The Kier molecular flexibility index (Phi) is 6.30. The highest BCUT2D eigenvalue weighted by atomic mass is 32.2. The zero-order valence-corrected chi connectivity index (χ0v) is 15.6. The Morgan fingerprint density at radius 1 is 1.19 bits per heavy atom. The fourth-order valence-electron chi connectivity index (χ4n) is 2.24. The van der Waals surface area contributed by atoms with Crippen LogP contribution in [0.5, 0.6) is 0 Å². The molecule has 0 spiro atoms. The Morgan fingerprint density at radius 2 is 1.85 bits per heavy atom. The number of sulfonamides is 1. The number of benzene rings is 2. The molecule has 0 atom stereocenters. The van der Waals surface area contributed by atoms with Gasteiger partial charge in [0, 0.05) is 0 Å². The summed E-state index contributed by atoms with van der Waals surface area (Å²) in [6.07, 6.45) is 2.36. The zero-order valence-electron chi connectivity index (χ0n) is 14.8. The number of hydrogen-bond donors (Lipinski definition) is 2. The van der Waals surface area contributed by atoms with Crippen molar-refractivity contribution < 1.29 is 23.1 Å². The maximum Gasteiger partial charge on any atom is 0.335 e. The Hall–Kier alpha value is -3.20. The van der Waals surface area contributed by atoms with Crippen LogP contribution in [-0.2, 0) is 14.8 Å². The Labute approximate surface area is 157 Å². The normalized spacial score (nSPS) is 11.3. The number of carbonyl (C=O) groups is 2. The highest BCUT2D eigenvalue weighted by molar-refractivity contribution is 7.92. The van der Waals surface area contributed by atoms with Gasteiger partial charge in [-0.1, -0.05) is 24.3 Å². The Bertz CT molecular complexity index is 969. The number of hydrazone groups is 1. The monoisotopic (exact) mass is 389 g/mol. The maximum atomic E-state index is 12.1. The summed E-state index contributed by atoms with van der Waals surface area (Å²) in [6, 6.07) is 12.7. The third kappa shape index (κ3) is 5.93. The van der Waals surface area contributed by atoms with E-state index < -0.39 is 28.4 Å². The van der Waals surface area contributed by atoms with E-state index in [0.29, 0.717) is 11.3 Å². The molecule has 8 nitrogen and oxygen atoms in total. The predicted octanol–water partition coefficient (Wildman–Crippen LogP) is 1.61. The summed E-state index contributed by atoms with van der Waals surface area (Å²) in [5, 5.41) is 12.6. The first kappa shape index (κ1) is 20.1. The minimum Gasteiger partial charge on any atom is -0.478 e. The average Bonchev–Trinajstić information content (AvgIpc) is 2.59. The van der Waals surface area contributed by atoms with Crippen LogP contribution in [0.4, 0.5) is 5.69 Å². The first-order valence-corrected chi connectivity index (χ1v) is 9.71. The van der Waals surface area contributed by atoms with Gasteiger partial charge in [-0.05, 0) is 42.3 Å². The topological polar surface area (TPSA) is 116 Å². The molecule has 0 bridgehead atoms. The molecular weight excluding hydrogens is 370 g/mol. The van der Waals surface area contributed by atoms with Gasteiger partial charge in [-0.25, -0.2) is 18.6 Å². The van der Waals surface area contributed by atoms with Crippen molar-refractivity contribution in [3.63, 3.8) is 0 Å². The van der Waals surface area contributed by atoms with Crippen molar-refractivity contribution in [3.8, 4) is 0 Å². The van der Waals surface area contributed by atoms with Crippen molar-refractivity contribution in [2.24, 2.45) is 5.10 Å². The third-order valence-corrected chi connectivity index (χ3v) is 4.68. The van der Waals surface area contributed by atoms with Gasteiger partial charge in [0.1, 0.15) is 6.54 Å². The standard InChI is InChI=1S/C18H19N3O5S/c1-13-4-3-5-16(10-13)21(27(2,25)26)12-17(22)20-19-11-14-6-8-15(9-7-14)18(23)24/h3-11H,12H2,1-2H3,(H,20,22)(H,23,24)/b19-11+. The molecule has 0 heterocycles. The molecule has 9 heteroatoms. The van der Waals surface area contributed by atoms with Gasteiger partial charge in [0.15, 0.2) is 0 Å². The highest BCUT2D eigenvalue weighted by Gasteiger charge is 2.20. The van der Waals surface area contributed by atoms with Gasteiger partial charge in [-0.3, -0.25) is 9.10 Å². The quantitative estimate of drug-likeness (QED) is 0.551. The molecule has 142 valence electrons. The smallest absolute Gasteiger partial charge is 0.335 e. The molecule has 2 rings (SSSR count). The predicted molar refractivity (Wildman–Crippen MR) is 103 cm³/mol. The molecule has 0 aliphatic heterocycles. The van der Waals surface area contributed by atoms with Crippen LogP contribution in [0, 0.1) is 6.92 Å².